The molecule has 5 unspecified atom stereocenters. The van der Waals surface area contributed by atoms with Crippen molar-refractivity contribution < 1.29 is 18.9 Å². The zero-order valence-corrected chi connectivity index (χ0v) is 12.3. The van der Waals surface area contributed by atoms with Gasteiger partial charge >= 0.3 is 0 Å². The molecule has 0 amide bonds. The van der Waals surface area contributed by atoms with Gasteiger partial charge in [0.15, 0.2) is 0 Å². The van der Waals surface area contributed by atoms with Gasteiger partial charge in [-0.2, -0.15) is 0 Å². The van der Waals surface area contributed by atoms with Crippen LogP contribution in [-0.2, 0) is 18.9 Å². The monoisotopic (exact) mass is 296 g/mol. The Labute approximate surface area is 125 Å². The molecule has 6 nitrogen and oxygen atoms in total. The molecule has 0 radical (unpaired) electrons. The van der Waals surface area contributed by atoms with Crippen molar-refractivity contribution in [2.45, 2.75) is 55.4 Å². The molecule has 1 N–H and O–H groups in total. The SMILES string of the molecule is C1OC1CC1CNC(CC2CO2)(CC2CO2)N1CC1CO1. The fourth-order valence-electron chi connectivity index (χ4n) is 3.89. The van der Waals surface area contributed by atoms with Crippen molar-refractivity contribution in [3.63, 3.8) is 0 Å². The van der Waals surface area contributed by atoms with E-state index in [0.29, 0.717) is 30.5 Å². The molecule has 0 saturated carbocycles. The summed E-state index contributed by atoms with van der Waals surface area (Å²) in [5.74, 6) is 0. The van der Waals surface area contributed by atoms with Crippen LogP contribution in [0.15, 0.2) is 0 Å². The fraction of sp³-hybridized carbons (Fsp3) is 1.00. The van der Waals surface area contributed by atoms with Crippen molar-refractivity contribution in [2.24, 2.45) is 0 Å². The topological polar surface area (TPSA) is 65.4 Å². The van der Waals surface area contributed by atoms with Crippen LogP contribution in [0.1, 0.15) is 19.3 Å². The molecule has 0 aromatic carbocycles. The van der Waals surface area contributed by atoms with E-state index in [1.807, 2.05) is 0 Å². The zero-order valence-electron chi connectivity index (χ0n) is 12.3. The van der Waals surface area contributed by atoms with Crippen molar-refractivity contribution in [3.8, 4) is 0 Å². The Kier molecular flexibility index (Phi) is 3.07. The number of nitrogens with one attached hydrogen (secondary N) is 1. The molecular formula is C15H24N2O4. The van der Waals surface area contributed by atoms with Gasteiger partial charge in [0.05, 0.1) is 56.5 Å². The van der Waals surface area contributed by atoms with Crippen LogP contribution in [0, 0.1) is 0 Å². The second-order valence-electron chi connectivity index (χ2n) is 7.18. The third kappa shape index (κ3) is 2.98. The zero-order chi connectivity index (χ0) is 13.9. The van der Waals surface area contributed by atoms with E-state index in [-0.39, 0.29) is 5.66 Å². The predicted molar refractivity (Wildman–Crippen MR) is 74.0 cm³/mol. The first-order valence-electron chi connectivity index (χ1n) is 8.29. The lowest BCUT2D eigenvalue weighted by Crippen LogP contribution is -2.56. The van der Waals surface area contributed by atoms with Crippen LogP contribution in [-0.4, -0.2) is 80.5 Å². The summed E-state index contributed by atoms with van der Waals surface area (Å²) in [6, 6.07) is 0.555. The standard InChI is InChI=1S/C15H24N2O4/c1(11-6-18-11)10-4-16-15(2-12-7-19-12,3-13-8-20-13)17(10)5-14-9-21-14/h10-14,16H,1-9H2. The third-order valence-electron chi connectivity index (χ3n) is 5.33. The molecule has 118 valence electrons. The van der Waals surface area contributed by atoms with Gasteiger partial charge in [-0.1, -0.05) is 0 Å². The highest BCUT2D eigenvalue weighted by molar-refractivity contribution is 5.06. The fourth-order valence-corrected chi connectivity index (χ4v) is 3.89. The van der Waals surface area contributed by atoms with E-state index in [4.69, 9.17) is 18.9 Å². The second-order valence-corrected chi connectivity index (χ2v) is 7.18. The van der Waals surface area contributed by atoms with Gasteiger partial charge in [0.2, 0.25) is 0 Å². The minimum atomic E-state index is 0.0356. The minimum Gasteiger partial charge on any atom is -0.373 e. The minimum absolute atomic E-state index is 0.0356. The van der Waals surface area contributed by atoms with Crippen LogP contribution < -0.4 is 5.32 Å². The van der Waals surface area contributed by atoms with Gasteiger partial charge in [-0.3, -0.25) is 10.2 Å². The van der Waals surface area contributed by atoms with E-state index >= 15 is 0 Å². The predicted octanol–water partition coefficient (Wildman–Crippen LogP) is -0.278. The smallest absolute Gasteiger partial charge is 0.0937 e. The maximum atomic E-state index is 5.53. The number of ether oxygens (including phenoxy) is 4. The highest BCUT2D eigenvalue weighted by Gasteiger charge is 2.53. The van der Waals surface area contributed by atoms with E-state index in [9.17, 15) is 0 Å². The van der Waals surface area contributed by atoms with Crippen molar-refractivity contribution in [2.75, 3.05) is 39.5 Å². The van der Waals surface area contributed by atoms with Crippen LogP contribution >= 0.6 is 0 Å². The van der Waals surface area contributed by atoms with E-state index < -0.39 is 0 Å². The van der Waals surface area contributed by atoms with Crippen LogP contribution in [0.5, 0.6) is 0 Å². The van der Waals surface area contributed by atoms with Crippen molar-refractivity contribution in [1.29, 1.82) is 0 Å². The molecule has 5 atom stereocenters. The van der Waals surface area contributed by atoms with Crippen LogP contribution in [0.4, 0.5) is 0 Å². The highest BCUT2D eigenvalue weighted by atomic mass is 16.6. The molecular weight excluding hydrogens is 272 g/mol. The summed E-state index contributed by atoms with van der Waals surface area (Å²) >= 11 is 0. The Hall–Kier alpha value is -0.240. The Morgan fingerprint density at radius 3 is 1.95 bits per heavy atom. The summed E-state index contributed by atoms with van der Waals surface area (Å²) in [6.45, 7) is 5.77. The van der Waals surface area contributed by atoms with Gasteiger partial charge in [-0.15, -0.1) is 0 Å². The first kappa shape index (κ1) is 13.2. The number of hydrogen-bond donors (Lipinski definition) is 1. The maximum absolute atomic E-state index is 5.53. The normalized spacial score (nSPS) is 51.1. The molecule has 5 heterocycles. The molecule has 5 saturated heterocycles. The van der Waals surface area contributed by atoms with Gasteiger partial charge in [0, 0.05) is 32.0 Å². The Balaban J connectivity index is 1.36. The molecule has 21 heavy (non-hydrogen) atoms. The average Bonchev–Trinajstić information content (AvgIpc) is 3.31. The quantitative estimate of drug-likeness (QED) is 0.622. The number of nitrogens with zero attached hydrogens (tertiary/aromatic N) is 1. The van der Waals surface area contributed by atoms with Crippen LogP contribution in [0.3, 0.4) is 0 Å². The highest BCUT2D eigenvalue weighted by Crippen LogP contribution is 2.40. The van der Waals surface area contributed by atoms with E-state index in [0.717, 1.165) is 58.8 Å². The molecule has 5 aliphatic heterocycles. The van der Waals surface area contributed by atoms with Crippen molar-refractivity contribution >= 4 is 0 Å². The summed E-state index contributed by atoms with van der Waals surface area (Å²) in [4.78, 5) is 2.66. The maximum Gasteiger partial charge on any atom is 0.0937 e. The van der Waals surface area contributed by atoms with Gasteiger partial charge in [0.1, 0.15) is 0 Å². The van der Waals surface area contributed by atoms with E-state index in [1.165, 1.54) is 0 Å². The summed E-state index contributed by atoms with van der Waals surface area (Å²) < 4.78 is 22.0. The van der Waals surface area contributed by atoms with Crippen molar-refractivity contribution in [3.05, 3.63) is 0 Å². The van der Waals surface area contributed by atoms with Crippen LogP contribution in [0.25, 0.3) is 0 Å². The second kappa shape index (κ2) is 4.88. The number of hydrogen-bond acceptors (Lipinski definition) is 6. The molecule has 0 aromatic rings. The molecule has 0 aromatic heterocycles. The van der Waals surface area contributed by atoms with Gasteiger partial charge in [-0.05, 0) is 6.42 Å². The molecule has 0 spiro atoms. The summed E-state index contributed by atoms with van der Waals surface area (Å²) in [5, 5.41) is 3.83. The first-order chi connectivity index (χ1) is 10.3. The lowest BCUT2D eigenvalue weighted by molar-refractivity contribution is 0.0430. The molecule has 6 heteroatoms. The van der Waals surface area contributed by atoms with E-state index in [2.05, 4.69) is 10.2 Å². The van der Waals surface area contributed by atoms with Crippen molar-refractivity contribution in [1.82, 2.24) is 10.2 Å². The van der Waals surface area contributed by atoms with E-state index in [1.54, 1.807) is 0 Å². The molecule has 5 rings (SSSR count). The summed E-state index contributed by atoms with van der Waals surface area (Å²) in [7, 11) is 0. The van der Waals surface area contributed by atoms with Crippen LogP contribution in [0.2, 0.25) is 0 Å². The largest absolute Gasteiger partial charge is 0.373 e. The average molecular weight is 296 g/mol. The Bertz CT molecular complexity index is 390. The Morgan fingerprint density at radius 1 is 0.857 bits per heavy atom. The molecule has 5 aliphatic rings. The molecule has 5 fully saturated rings. The lowest BCUT2D eigenvalue weighted by Gasteiger charge is -2.40. The van der Waals surface area contributed by atoms with Gasteiger partial charge in [0.25, 0.3) is 0 Å². The first-order valence-corrected chi connectivity index (χ1v) is 8.29. The van der Waals surface area contributed by atoms with Gasteiger partial charge < -0.3 is 18.9 Å². The summed E-state index contributed by atoms with van der Waals surface area (Å²) in [6.07, 6.45) is 5.03. The third-order valence-corrected chi connectivity index (χ3v) is 5.33. The lowest BCUT2D eigenvalue weighted by atomic mass is 9.95. The number of epoxide rings is 4. The molecule has 0 bridgehead atoms. The summed E-state index contributed by atoms with van der Waals surface area (Å²) in [5.41, 5.74) is 0.0356. The number of rotatable bonds is 8. The molecule has 0 aliphatic carbocycles. The van der Waals surface area contributed by atoms with Gasteiger partial charge in [-0.25, -0.2) is 0 Å². The Morgan fingerprint density at radius 2 is 1.43 bits per heavy atom.